The average molecular weight is 274 g/mol. The van der Waals surface area contributed by atoms with Crippen molar-refractivity contribution in [1.29, 1.82) is 0 Å². The van der Waals surface area contributed by atoms with E-state index in [0.717, 1.165) is 19.3 Å². The van der Waals surface area contributed by atoms with E-state index in [1.165, 1.54) is 6.92 Å². The van der Waals surface area contributed by atoms with Crippen LogP contribution < -0.4 is 0 Å². The van der Waals surface area contributed by atoms with Crippen LogP contribution in [-0.4, -0.2) is 37.2 Å². The van der Waals surface area contributed by atoms with Crippen LogP contribution in [0.1, 0.15) is 46.5 Å². The Kier molecular flexibility index (Phi) is 9.48. The zero-order valence-corrected chi connectivity index (χ0v) is 11.8. The fourth-order valence-electron chi connectivity index (χ4n) is 1.06. The molecule has 0 spiro atoms. The monoisotopic (exact) mass is 274 g/mol. The molecule has 0 saturated heterocycles. The SMILES string of the molecule is CCCCOC(=O)C(=O)OC(C)C(=O)OCCCC. The Labute approximate surface area is 113 Å². The number of ether oxygens (including phenoxy) is 3. The second kappa shape index (κ2) is 10.3. The molecule has 6 nitrogen and oxygen atoms in total. The number of hydrogen-bond acceptors (Lipinski definition) is 6. The van der Waals surface area contributed by atoms with Crippen molar-refractivity contribution >= 4 is 17.9 Å². The summed E-state index contributed by atoms with van der Waals surface area (Å²) in [6, 6.07) is 0. The molecule has 0 rings (SSSR count). The fourth-order valence-corrected chi connectivity index (χ4v) is 1.06. The van der Waals surface area contributed by atoms with Gasteiger partial charge in [-0.05, 0) is 19.8 Å². The number of esters is 3. The molecule has 0 radical (unpaired) electrons. The summed E-state index contributed by atoms with van der Waals surface area (Å²) in [4.78, 5) is 33.8. The summed E-state index contributed by atoms with van der Waals surface area (Å²) in [5.74, 6) is -2.92. The van der Waals surface area contributed by atoms with E-state index in [2.05, 4.69) is 9.47 Å². The molecule has 0 aliphatic carbocycles. The molecule has 110 valence electrons. The van der Waals surface area contributed by atoms with Gasteiger partial charge in [0.25, 0.3) is 0 Å². The zero-order valence-electron chi connectivity index (χ0n) is 11.8. The number of unbranched alkanes of at least 4 members (excludes halogenated alkanes) is 2. The van der Waals surface area contributed by atoms with Gasteiger partial charge in [0.15, 0.2) is 6.10 Å². The van der Waals surface area contributed by atoms with Gasteiger partial charge in [-0.3, -0.25) is 0 Å². The van der Waals surface area contributed by atoms with Crippen molar-refractivity contribution in [1.82, 2.24) is 0 Å². The first-order valence-electron chi connectivity index (χ1n) is 6.57. The van der Waals surface area contributed by atoms with Crippen molar-refractivity contribution in [3.05, 3.63) is 0 Å². The van der Waals surface area contributed by atoms with E-state index >= 15 is 0 Å². The van der Waals surface area contributed by atoms with Gasteiger partial charge >= 0.3 is 17.9 Å². The second-order valence-electron chi connectivity index (χ2n) is 4.06. The van der Waals surface area contributed by atoms with Crippen molar-refractivity contribution in [2.45, 2.75) is 52.6 Å². The Bertz CT molecular complexity index is 300. The van der Waals surface area contributed by atoms with Gasteiger partial charge in [0.05, 0.1) is 13.2 Å². The Balaban J connectivity index is 3.96. The third kappa shape index (κ3) is 8.18. The van der Waals surface area contributed by atoms with Gasteiger partial charge in [0, 0.05) is 0 Å². The Hall–Kier alpha value is -1.59. The van der Waals surface area contributed by atoms with Crippen LogP contribution in [0.4, 0.5) is 0 Å². The lowest BCUT2D eigenvalue weighted by Crippen LogP contribution is -2.31. The van der Waals surface area contributed by atoms with Gasteiger partial charge in [0.2, 0.25) is 0 Å². The van der Waals surface area contributed by atoms with E-state index in [1.54, 1.807) is 0 Å². The van der Waals surface area contributed by atoms with Crippen LogP contribution in [0.15, 0.2) is 0 Å². The van der Waals surface area contributed by atoms with E-state index in [4.69, 9.17) is 4.74 Å². The molecule has 0 heterocycles. The predicted octanol–water partition coefficient (Wildman–Crippen LogP) is 1.60. The molecular weight excluding hydrogens is 252 g/mol. The smallest absolute Gasteiger partial charge is 0.418 e. The maximum absolute atomic E-state index is 11.4. The Morgan fingerprint density at radius 2 is 1.42 bits per heavy atom. The minimum Gasteiger partial charge on any atom is -0.463 e. The first kappa shape index (κ1) is 17.4. The normalized spacial score (nSPS) is 11.5. The summed E-state index contributed by atoms with van der Waals surface area (Å²) in [6.45, 7) is 5.69. The summed E-state index contributed by atoms with van der Waals surface area (Å²) in [7, 11) is 0. The summed E-state index contributed by atoms with van der Waals surface area (Å²) < 4.78 is 14.2. The molecule has 0 N–H and O–H groups in total. The predicted molar refractivity (Wildman–Crippen MR) is 67.3 cm³/mol. The summed E-state index contributed by atoms with van der Waals surface area (Å²) in [5.41, 5.74) is 0. The first-order chi connectivity index (χ1) is 9.02. The number of hydrogen-bond donors (Lipinski definition) is 0. The van der Waals surface area contributed by atoms with Crippen LogP contribution in [0.5, 0.6) is 0 Å². The maximum Gasteiger partial charge on any atom is 0.418 e. The van der Waals surface area contributed by atoms with Crippen molar-refractivity contribution in [3.8, 4) is 0 Å². The summed E-state index contributed by atoms with van der Waals surface area (Å²) in [5, 5.41) is 0. The van der Waals surface area contributed by atoms with Crippen molar-refractivity contribution < 1.29 is 28.6 Å². The minimum absolute atomic E-state index is 0.166. The van der Waals surface area contributed by atoms with Gasteiger partial charge in [-0.2, -0.15) is 0 Å². The number of carbonyl (C=O) groups excluding carboxylic acids is 3. The maximum atomic E-state index is 11.4. The van der Waals surface area contributed by atoms with Gasteiger partial charge in [-0.15, -0.1) is 0 Å². The highest BCUT2D eigenvalue weighted by Crippen LogP contribution is 1.99. The Morgan fingerprint density at radius 3 is 1.95 bits per heavy atom. The Morgan fingerprint density at radius 1 is 0.895 bits per heavy atom. The van der Waals surface area contributed by atoms with Gasteiger partial charge in [0.1, 0.15) is 0 Å². The molecule has 1 unspecified atom stereocenters. The molecule has 6 heteroatoms. The quantitative estimate of drug-likeness (QED) is 0.289. The zero-order chi connectivity index (χ0) is 14.7. The van der Waals surface area contributed by atoms with Gasteiger partial charge in [-0.25, -0.2) is 14.4 Å². The molecule has 0 aliphatic rings. The molecule has 1 atom stereocenters. The highest BCUT2D eigenvalue weighted by molar-refractivity contribution is 6.29. The first-order valence-corrected chi connectivity index (χ1v) is 6.57. The van der Waals surface area contributed by atoms with E-state index < -0.39 is 24.0 Å². The van der Waals surface area contributed by atoms with E-state index in [0.29, 0.717) is 6.42 Å². The molecular formula is C13H22O6. The third-order valence-corrected chi connectivity index (χ3v) is 2.26. The van der Waals surface area contributed by atoms with Crippen LogP contribution >= 0.6 is 0 Å². The minimum atomic E-state index is -1.17. The van der Waals surface area contributed by atoms with Crippen LogP contribution in [-0.2, 0) is 28.6 Å². The summed E-state index contributed by atoms with van der Waals surface area (Å²) >= 11 is 0. The largest absolute Gasteiger partial charge is 0.463 e. The standard InChI is InChI=1S/C13H22O6/c1-4-6-8-17-11(14)10(3)19-13(16)12(15)18-9-7-5-2/h10H,4-9H2,1-3H3. The molecule has 0 aliphatic heterocycles. The molecule has 0 amide bonds. The molecule has 0 aromatic rings. The average Bonchev–Trinajstić information content (AvgIpc) is 2.38. The highest BCUT2D eigenvalue weighted by Gasteiger charge is 2.24. The highest BCUT2D eigenvalue weighted by atomic mass is 16.6. The van der Waals surface area contributed by atoms with Crippen LogP contribution in [0.2, 0.25) is 0 Å². The van der Waals surface area contributed by atoms with E-state index in [9.17, 15) is 14.4 Å². The van der Waals surface area contributed by atoms with Crippen LogP contribution in [0.25, 0.3) is 0 Å². The fraction of sp³-hybridized carbons (Fsp3) is 0.769. The van der Waals surface area contributed by atoms with E-state index in [-0.39, 0.29) is 13.2 Å². The van der Waals surface area contributed by atoms with E-state index in [1.807, 2.05) is 13.8 Å². The lowest BCUT2D eigenvalue weighted by molar-refractivity contribution is -0.176. The lowest BCUT2D eigenvalue weighted by atomic mass is 10.3. The summed E-state index contributed by atoms with van der Waals surface area (Å²) in [6.07, 6.45) is 2.05. The third-order valence-electron chi connectivity index (χ3n) is 2.26. The van der Waals surface area contributed by atoms with Crippen molar-refractivity contribution in [2.75, 3.05) is 13.2 Å². The molecule has 0 fully saturated rings. The topological polar surface area (TPSA) is 78.9 Å². The van der Waals surface area contributed by atoms with Gasteiger partial charge in [-0.1, -0.05) is 26.7 Å². The van der Waals surface area contributed by atoms with Crippen molar-refractivity contribution in [2.24, 2.45) is 0 Å². The molecule has 19 heavy (non-hydrogen) atoms. The van der Waals surface area contributed by atoms with Gasteiger partial charge < -0.3 is 14.2 Å². The number of carbonyl (C=O) groups is 3. The van der Waals surface area contributed by atoms with Crippen LogP contribution in [0.3, 0.4) is 0 Å². The molecule has 0 aromatic carbocycles. The second-order valence-corrected chi connectivity index (χ2v) is 4.06. The molecule has 0 bridgehead atoms. The van der Waals surface area contributed by atoms with Crippen LogP contribution in [0, 0.1) is 0 Å². The van der Waals surface area contributed by atoms with Crippen molar-refractivity contribution in [3.63, 3.8) is 0 Å². The number of rotatable bonds is 8. The molecule has 0 saturated carbocycles. The molecule has 0 aromatic heterocycles. The lowest BCUT2D eigenvalue weighted by Gasteiger charge is -2.12.